The van der Waals surface area contributed by atoms with Crippen molar-refractivity contribution in [2.24, 2.45) is 0 Å². The maximum Gasteiger partial charge on any atom is -0.0114 e. The zero-order valence-electron chi connectivity index (χ0n) is 16.9. The van der Waals surface area contributed by atoms with Gasteiger partial charge in [0.15, 0.2) is 0 Å². The Morgan fingerprint density at radius 3 is 1.96 bits per heavy atom. The Hall–Kier alpha value is -1.56. The van der Waals surface area contributed by atoms with E-state index >= 15 is 0 Å². The third kappa shape index (κ3) is 10.3. The topological polar surface area (TPSA) is 0 Å². The smallest absolute Gasteiger partial charge is 0.0114 e. The molecule has 1 aromatic rings. The number of benzene rings is 1. The van der Waals surface area contributed by atoms with Gasteiger partial charge in [0.05, 0.1) is 0 Å². The van der Waals surface area contributed by atoms with E-state index in [4.69, 9.17) is 0 Å². The molecule has 0 radical (unpaired) electrons. The average Bonchev–Trinajstić information content (AvgIpc) is 2.56. The van der Waals surface area contributed by atoms with E-state index < -0.39 is 0 Å². The molecule has 1 aromatic carbocycles. The zero-order chi connectivity index (χ0) is 18.4. The maximum absolute atomic E-state index is 3.92. The Kier molecular flexibility index (Phi) is 12.9. The fraction of sp³-hybridized carbons (Fsp3) is 0.500. The first kappa shape index (κ1) is 22.4. The molecule has 24 heavy (non-hydrogen) atoms. The van der Waals surface area contributed by atoms with Gasteiger partial charge in [-0.3, -0.25) is 0 Å². The molecule has 0 spiro atoms. The highest BCUT2D eigenvalue weighted by Gasteiger charge is 1.98. The van der Waals surface area contributed by atoms with Crippen molar-refractivity contribution < 1.29 is 0 Å². The second kappa shape index (κ2) is 13.8. The minimum absolute atomic E-state index is 1.10. The molecule has 0 saturated heterocycles. The van der Waals surface area contributed by atoms with Crippen LogP contribution >= 0.6 is 0 Å². The molecule has 0 aliphatic rings. The van der Waals surface area contributed by atoms with Crippen molar-refractivity contribution in [2.75, 3.05) is 0 Å². The van der Waals surface area contributed by atoms with Gasteiger partial charge in [0.25, 0.3) is 0 Å². The van der Waals surface area contributed by atoms with E-state index in [1.807, 2.05) is 0 Å². The molecule has 1 rings (SSSR count). The van der Waals surface area contributed by atoms with Crippen molar-refractivity contribution in [2.45, 2.75) is 80.1 Å². The molecule has 0 fully saturated rings. The highest BCUT2D eigenvalue weighted by molar-refractivity contribution is 5.66. The lowest BCUT2D eigenvalue weighted by atomic mass is 10.00. The van der Waals surface area contributed by atoms with Crippen LogP contribution in [0, 0.1) is 0 Å². The number of rotatable bonds is 8. The molecule has 0 unspecified atom stereocenters. The van der Waals surface area contributed by atoms with E-state index in [0.717, 1.165) is 12.8 Å². The minimum Gasteiger partial charge on any atom is -0.0998 e. The van der Waals surface area contributed by atoms with Gasteiger partial charge in [-0.15, -0.1) is 0 Å². The second-order valence-corrected chi connectivity index (χ2v) is 6.68. The lowest BCUT2D eigenvalue weighted by molar-refractivity contribution is 0.857. The molecular formula is C24H38. The van der Waals surface area contributed by atoms with Gasteiger partial charge < -0.3 is 0 Å². The standard InChI is InChI=1S/C13H18.C11H20/c1-4-8-11(2)12(3)13-9-6-5-7-10-13;1-5-7-11(8-6-2)9-10(3)4/h5-7,9-10H,4,8H2,1-3H3;7H,3,5-6,8-9H2,1-2,4H3/b12-11+;. The van der Waals surface area contributed by atoms with Crippen molar-refractivity contribution in [3.8, 4) is 0 Å². The van der Waals surface area contributed by atoms with Crippen molar-refractivity contribution in [3.63, 3.8) is 0 Å². The van der Waals surface area contributed by atoms with Crippen LogP contribution in [0.15, 0.2) is 59.7 Å². The molecule has 0 nitrogen and oxygen atoms in total. The van der Waals surface area contributed by atoms with Crippen LogP contribution in [0.2, 0.25) is 0 Å². The Bertz CT molecular complexity index is 514. The molecule has 0 amide bonds. The van der Waals surface area contributed by atoms with Gasteiger partial charge in [0.1, 0.15) is 0 Å². The van der Waals surface area contributed by atoms with Crippen molar-refractivity contribution >= 4 is 5.57 Å². The van der Waals surface area contributed by atoms with Crippen LogP contribution in [0.5, 0.6) is 0 Å². The van der Waals surface area contributed by atoms with E-state index in [-0.39, 0.29) is 0 Å². The summed E-state index contributed by atoms with van der Waals surface area (Å²) in [6.07, 6.45) is 9.51. The van der Waals surface area contributed by atoms with Crippen molar-refractivity contribution in [1.82, 2.24) is 0 Å². The summed E-state index contributed by atoms with van der Waals surface area (Å²) in [6, 6.07) is 10.6. The van der Waals surface area contributed by atoms with Gasteiger partial charge in [-0.2, -0.15) is 0 Å². The summed E-state index contributed by atoms with van der Waals surface area (Å²) >= 11 is 0. The van der Waals surface area contributed by atoms with Gasteiger partial charge in [-0.25, -0.2) is 0 Å². The Balaban J connectivity index is 0.000000449. The lowest BCUT2D eigenvalue weighted by Gasteiger charge is -2.06. The summed E-state index contributed by atoms with van der Waals surface area (Å²) in [7, 11) is 0. The summed E-state index contributed by atoms with van der Waals surface area (Å²) in [5.74, 6) is 0. The fourth-order valence-electron chi connectivity index (χ4n) is 2.76. The number of hydrogen-bond donors (Lipinski definition) is 0. The molecule has 134 valence electrons. The first-order valence-electron chi connectivity index (χ1n) is 9.50. The van der Waals surface area contributed by atoms with Crippen molar-refractivity contribution in [1.29, 1.82) is 0 Å². The molecule has 0 heterocycles. The van der Waals surface area contributed by atoms with Gasteiger partial charge in [-0.05, 0) is 57.6 Å². The highest BCUT2D eigenvalue weighted by Crippen LogP contribution is 2.20. The van der Waals surface area contributed by atoms with E-state index in [9.17, 15) is 0 Å². The number of allylic oxidation sites excluding steroid dienone is 5. The quantitative estimate of drug-likeness (QED) is 0.421. The van der Waals surface area contributed by atoms with Gasteiger partial charge in [-0.1, -0.05) is 93.3 Å². The molecular weight excluding hydrogens is 288 g/mol. The lowest BCUT2D eigenvalue weighted by Crippen LogP contribution is -1.84. The summed E-state index contributed by atoms with van der Waals surface area (Å²) in [4.78, 5) is 0. The Morgan fingerprint density at radius 2 is 1.50 bits per heavy atom. The van der Waals surface area contributed by atoms with E-state index in [1.54, 1.807) is 5.57 Å². The molecule has 0 N–H and O–H groups in total. The molecule has 0 aliphatic heterocycles. The van der Waals surface area contributed by atoms with Crippen LogP contribution in [-0.2, 0) is 0 Å². The van der Waals surface area contributed by atoms with E-state index in [1.165, 1.54) is 48.0 Å². The molecule has 0 bridgehead atoms. The van der Waals surface area contributed by atoms with E-state index in [2.05, 4.69) is 84.5 Å². The van der Waals surface area contributed by atoms with Crippen molar-refractivity contribution in [3.05, 3.63) is 65.3 Å². The monoisotopic (exact) mass is 326 g/mol. The average molecular weight is 327 g/mol. The van der Waals surface area contributed by atoms with Gasteiger partial charge in [0.2, 0.25) is 0 Å². The van der Waals surface area contributed by atoms with E-state index in [0.29, 0.717) is 0 Å². The highest BCUT2D eigenvalue weighted by atomic mass is 14.0. The SMILES string of the molecule is C=C(C)CC(=CCC)CCC.CCC/C(C)=C(\C)c1ccccc1. The van der Waals surface area contributed by atoms with Crippen LogP contribution < -0.4 is 0 Å². The largest absolute Gasteiger partial charge is 0.0998 e. The summed E-state index contributed by atoms with van der Waals surface area (Å²) in [6.45, 7) is 17.1. The maximum atomic E-state index is 3.92. The first-order chi connectivity index (χ1) is 11.5. The molecule has 0 saturated carbocycles. The second-order valence-electron chi connectivity index (χ2n) is 6.68. The molecule has 0 aromatic heterocycles. The molecule has 0 heteroatoms. The van der Waals surface area contributed by atoms with Crippen LogP contribution in [0.3, 0.4) is 0 Å². The van der Waals surface area contributed by atoms with Gasteiger partial charge in [0, 0.05) is 0 Å². The minimum atomic E-state index is 1.10. The molecule has 0 atom stereocenters. The van der Waals surface area contributed by atoms with Crippen LogP contribution in [0.1, 0.15) is 85.6 Å². The summed E-state index contributed by atoms with van der Waals surface area (Å²) in [5.41, 5.74) is 7.13. The predicted octanol–water partition coefficient (Wildman–Crippen LogP) is 8.37. The third-order valence-corrected chi connectivity index (χ3v) is 4.06. The third-order valence-electron chi connectivity index (χ3n) is 4.06. The molecule has 0 aliphatic carbocycles. The normalized spacial score (nSPS) is 12.2. The fourth-order valence-corrected chi connectivity index (χ4v) is 2.76. The van der Waals surface area contributed by atoms with Gasteiger partial charge >= 0.3 is 0 Å². The van der Waals surface area contributed by atoms with Crippen LogP contribution in [-0.4, -0.2) is 0 Å². The first-order valence-corrected chi connectivity index (χ1v) is 9.50. The Labute approximate surface area is 151 Å². The number of hydrogen-bond acceptors (Lipinski definition) is 0. The van der Waals surface area contributed by atoms with Crippen LogP contribution in [0.4, 0.5) is 0 Å². The van der Waals surface area contributed by atoms with Crippen LogP contribution in [0.25, 0.3) is 5.57 Å². The zero-order valence-corrected chi connectivity index (χ0v) is 16.9. The predicted molar refractivity (Wildman–Crippen MR) is 112 cm³/mol. The summed E-state index contributed by atoms with van der Waals surface area (Å²) < 4.78 is 0. The Morgan fingerprint density at radius 1 is 0.917 bits per heavy atom. The summed E-state index contributed by atoms with van der Waals surface area (Å²) in [5, 5.41) is 0.